The third-order valence-corrected chi connectivity index (χ3v) is 5.85. The predicted molar refractivity (Wildman–Crippen MR) is 115 cm³/mol. The van der Waals surface area contributed by atoms with Crippen molar-refractivity contribution in [3.8, 4) is 11.1 Å². The first-order valence-corrected chi connectivity index (χ1v) is 10.2. The second-order valence-electron chi connectivity index (χ2n) is 6.83. The second-order valence-corrected chi connectivity index (χ2v) is 7.78. The Bertz CT molecular complexity index is 1010. The van der Waals surface area contributed by atoms with E-state index in [9.17, 15) is 9.90 Å². The summed E-state index contributed by atoms with van der Waals surface area (Å²) in [5.74, 6) is 0.256. The van der Waals surface area contributed by atoms with E-state index in [1.165, 1.54) is 17.6 Å². The number of furan rings is 1. The maximum Gasteiger partial charge on any atom is 0.224 e. The first-order chi connectivity index (χ1) is 14.1. The van der Waals surface area contributed by atoms with Crippen LogP contribution in [-0.2, 0) is 16.8 Å². The quantitative estimate of drug-likeness (QED) is 0.474. The van der Waals surface area contributed by atoms with Gasteiger partial charge < -0.3 is 14.8 Å². The number of hydrogen-bond acceptors (Lipinski definition) is 4. The van der Waals surface area contributed by atoms with Crippen LogP contribution >= 0.6 is 11.3 Å². The monoisotopic (exact) mass is 403 g/mol. The lowest BCUT2D eigenvalue weighted by Gasteiger charge is -2.25. The molecule has 0 fully saturated rings. The molecule has 2 aromatic heterocycles. The van der Waals surface area contributed by atoms with Crippen molar-refractivity contribution in [2.24, 2.45) is 0 Å². The Labute approximate surface area is 173 Å². The highest BCUT2D eigenvalue weighted by Gasteiger charge is 2.36. The van der Waals surface area contributed by atoms with Crippen LogP contribution in [0.15, 0.2) is 94.9 Å². The molecule has 146 valence electrons. The van der Waals surface area contributed by atoms with E-state index in [0.717, 1.165) is 21.6 Å². The normalized spacial score (nSPS) is 13.0. The molecule has 0 saturated carbocycles. The van der Waals surface area contributed by atoms with Gasteiger partial charge in [0, 0.05) is 4.88 Å². The molecule has 0 aliphatic heterocycles. The molecule has 1 unspecified atom stereocenters. The van der Waals surface area contributed by atoms with Gasteiger partial charge in [-0.3, -0.25) is 4.79 Å². The zero-order valence-corrected chi connectivity index (χ0v) is 16.6. The minimum Gasteiger partial charge on any atom is -0.466 e. The van der Waals surface area contributed by atoms with Gasteiger partial charge in [0.1, 0.15) is 5.76 Å². The number of benzene rings is 2. The molecular weight excluding hydrogens is 382 g/mol. The number of aliphatic hydroxyl groups is 1. The second kappa shape index (κ2) is 8.47. The molecule has 2 heterocycles. The maximum absolute atomic E-state index is 12.5. The van der Waals surface area contributed by atoms with Crippen LogP contribution in [0.5, 0.6) is 0 Å². The first-order valence-electron chi connectivity index (χ1n) is 9.36. The number of nitrogens with one attached hydrogen (secondary N) is 1. The van der Waals surface area contributed by atoms with E-state index in [1.54, 1.807) is 12.1 Å². The van der Waals surface area contributed by atoms with Gasteiger partial charge >= 0.3 is 0 Å². The van der Waals surface area contributed by atoms with Crippen molar-refractivity contribution in [1.29, 1.82) is 0 Å². The largest absolute Gasteiger partial charge is 0.466 e. The number of rotatable bonds is 7. The molecule has 0 radical (unpaired) electrons. The molecule has 0 aliphatic carbocycles. The zero-order valence-electron chi connectivity index (χ0n) is 15.7. The van der Waals surface area contributed by atoms with Gasteiger partial charge in [-0.05, 0) is 40.3 Å². The van der Waals surface area contributed by atoms with Crippen LogP contribution in [0.2, 0.25) is 0 Å². The highest BCUT2D eigenvalue weighted by molar-refractivity contribution is 7.10. The van der Waals surface area contributed by atoms with E-state index in [2.05, 4.69) is 17.4 Å². The Hall–Kier alpha value is -3.15. The van der Waals surface area contributed by atoms with E-state index in [-0.39, 0.29) is 18.9 Å². The molecular formula is C24H21NO3S. The summed E-state index contributed by atoms with van der Waals surface area (Å²) < 4.78 is 5.43. The number of amides is 1. The van der Waals surface area contributed by atoms with Crippen molar-refractivity contribution in [3.63, 3.8) is 0 Å². The Morgan fingerprint density at radius 1 is 0.931 bits per heavy atom. The summed E-state index contributed by atoms with van der Waals surface area (Å²) in [6.07, 6.45) is 1.76. The fourth-order valence-electron chi connectivity index (χ4n) is 3.24. The summed E-state index contributed by atoms with van der Waals surface area (Å²) in [5.41, 5.74) is 1.78. The lowest BCUT2D eigenvalue weighted by Crippen LogP contribution is -2.41. The Morgan fingerprint density at radius 3 is 2.34 bits per heavy atom. The molecule has 2 aromatic carbocycles. The fourth-order valence-corrected chi connectivity index (χ4v) is 4.07. The molecule has 1 atom stereocenters. The average Bonchev–Trinajstić information content (AvgIpc) is 3.48. The molecule has 5 heteroatoms. The van der Waals surface area contributed by atoms with Crippen LogP contribution in [0.1, 0.15) is 16.2 Å². The van der Waals surface area contributed by atoms with Crippen LogP contribution in [0.25, 0.3) is 11.1 Å². The number of thiophene rings is 1. The minimum absolute atomic E-state index is 0.0436. The third-order valence-electron chi connectivity index (χ3n) is 4.82. The standard InChI is InChI=1S/C24H21NO3S/c26-23(16-18-10-12-20(13-11-18)19-6-2-1-3-7-19)25-17-24(27,21-8-4-14-28-21)22-9-5-15-29-22/h1-15,27H,16-17H2,(H,25,26). The first kappa shape index (κ1) is 19.2. The van der Waals surface area contributed by atoms with E-state index in [0.29, 0.717) is 5.76 Å². The summed E-state index contributed by atoms with van der Waals surface area (Å²) >= 11 is 1.42. The van der Waals surface area contributed by atoms with Crippen LogP contribution in [-0.4, -0.2) is 17.6 Å². The SMILES string of the molecule is O=C(Cc1ccc(-c2ccccc2)cc1)NCC(O)(c1ccco1)c1cccs1. The van der Waals surface area contributed by atoms with Crippen molar-refractivity contribution in [1.82, 2.24) is 5.32 Å². The van der Waals surface area contributed by atoms with Crippen LogP contribution < -0.4 is 5.32 Å². The van der Waals surface area contributed by atoms with Gasteiger partial charge in [-0.25, -0.2) is 0 Å². The zero-order chi connectivity index (χ0) is 20.1. The minimum atomic E-state index is -1.38. The topological polar surface area (TPSA) is 62.5 Å². The highest BCUT2D eigenvalue weighted by Crippen LogP contribution is 2.32. The maximum atomic E-state index is 12.5. The summed E-state index contributed by atoms with van der Waals surface area (Å²) in [7, 11) is 0. The molecule has 4 nitrogen and oxygen atoms in total. The lowest BCUT2D eigenvalue weighted by molar-refractivity contribution is -0.121. The molecule has 0 saturated heterocycles. The molecule has 0 spiro atoms. The number of carbonyl (C=O) groups is 1. The smallest absolute Gasteiger partial charge is 0.224 e. The summed E-state index contributed by atoms with van der Waals surface area (Å²) in [5, 5.41) is 16.0. The molecule has 4 rings (SSSR count). The van der Waals surface area contributed by atoms with E-state index >= 15 is 0 Å². The van der Waals surface area contributed by atoms with Crippen LogP contribution in [0.3, 0.4) is 0 Å². The van der Waals surface area contributed by atoms with Crippen molar-refractivity contribution >= 4 is 17.2 Å². The highest BCUT2D eigenvalue weighted by atomic mass is 32.1. The van der Waals surface area contributed by atoms with Crippen LogP contribution in [0.4, 0.5) is 0 Å². The molecule has 0 bridgehead atoms. The summed E-state index contributed by atoms with van der Waals surface area (Å²) in [6, 6.07) is 25.2. The third kappa shape index (κ3) is 4.31. The Balaban J connectivity index is 1.42. The molecule has 29 heavy (non-hydrogen) atoms. The van der Waals surface area contributed by atoms with Gasteiger partial charge in [-0.15, -0.1) is 11.3 Å². The molecule has 1 amide bonds. The Kier molecular flexibility index (Phi) is 5.60. The average molecular weight is 404 g/mol. The molecule has 4 aromatic rings. The molecule has 2 N–H and O–H groups in total. The van der Waals surface area contributed by atoms with E-state index < -0.39 is 5.60 Å². The van der Waals surface area contributed by atoms with Crippen molar-refractivity contribution in [2.75, 3.05) is 6.54 Å². The fraction of sp³-hybridized carbons (Fsp3) is 0.125. The van der Waals surface area contributed by atoms with E-state index in [4.69, 9.17) is 4.42 Å². The van der Waals surface area contributed by atoms with Crippen molar-refractivity contribution < 1.29 is 14.3 Å². The van der Waals surface area contributed by atoms with Gasteiger partial charge in [0.2, 0.25) is 5.91 Å². The summed E-state index contributed by atoms with van der Waals surface area (Å²) in [4.78, 5) is 13.2. The van der Waals surface area contributed by atoms with Gasteiger partial charge in [0.05, 0.1) is 19.2 Å². The predicted octanol–water partition coefficient (Wildman–Crippen LogP) is 4.60. The van der Waals surface area contributed by atoms with E-state index in [1.807, 2.05) is 60.0 Å². The number of hydrogen-bond donors (Lipinski definition) is 2. The summed E-state index contributed by atoms with van der Waals surface area (Å²) in [6.45, 7) is 0.0436. The van der Waals surface area contributed by atoms with Gasteiger partial charge in [0.15, 0.2) is 5.60 Å². The Morgan fingerprint density at radius 2 is 1.69 bits per heavy atom. The van der Waals surface area contributed by atoms with Crippen molar-refractivity contribution in [3.05, 3.63) is 107 Å². The van der Waals surface area contributed by atoms with Crippen LogP contribution in [0, 0.1) is 0 Å². The van der Waals surface area contributed by atoms with Gasteiger partial charge in [-0.2, -0.15) is 0 Å². The molecule has 0 aliphatic rings. The van der Waals surface area contributed by atoms with Gasteiger partial charge in [-0.1, -0.05) is 60.7 Å². The van der Waals surface area contributed by atoms with Gasteiger partial charge in [0.25, 0.3) is 0 Å². The number of carbonyl (C=O) groups excluding carboxylic acids is 1. The van der Waals surface area contributed by atoms with Crippen molar-refractivity contribution in [2.45, 2.75) is 12.0 Å². The lowest BCUT2D eigenvalue weighted by atomic mass is 9.98.